The summed E-state index contributed by atoms with van der Waals surface area (Å²) in [6.07, 6.45) is 2.53. The van der Waals surface area contributed by atoms with Gasteiger partial charge in [0.05, 0.1) is 30.8 Å². The maximum absolute atomic E-state index is 13.4. The summed E-state index contributed by atoms with van der Waals surface area (Å²) in [5.41, 5.74) is 3.18. The number of carbonyl (C=O) groups excluding carboxylic acids is 1. The summed E-state index contributed by atoms with van der Waals surface area (Å²) >= 11 is 1.53. The van der Waals surface area contributed by atoms with Crippen molar-refractivity contribution in [2.75, 3.05) is 20.8 Å². The van der Waals surface area contributed by atoms with E-state index in [9.17, 15) is 4.79 Å². The number of amides is 1. The van der Waals surface area contributed by atoms with Gasteiger partial charge in [-0.3, -0.25) is 9.48 Å². The van der Waals surface area contributed by atoms with Gasteiger partial charge in [0, 0.05) is 24.7 Å². The predicted octanol–water partition coefficient (Wildman–Crippen LogP) is 3.60. The summed E-state index contributed by atoms with van der Waals surface area (Å²) in [6.45, 7) is 2.65. The minimum absolute atomic E-state index is 0.0461. The van der Waals surface area contributed by atoms with E-state index in [-0.39, 0.29) is 11.9 Å². The Hall–Kier alpha value is -2.80. The highest BCUT2D eigenvalue weighted by Crippen LogP contribution is 2.41. The molecule has 0 radical (unpaired) electrons. The number of aryl methyl sites for hydroxylation is 2. The Morgan fingerprint density at radius 3 is 2.54 bits per heavy atom. The molecule has 1 aromatic carbocycles. The number of carbonyl (C=O) groups is 1. The van der Waals surface area contributed by atoms with E-state index in [1.54, 1.807) is 20.4 Å². The summed E-state index contributed by atoms with van der Waals surface area (Å²) in [4.78, 5) is 17.2. The van der Waals surface area contributed by atoms with Crippen molar-refractivity contribution >= 4 is 17.2 Å². The molecule has 3 heterocycles. The summed E-state index contributed by atoms with van der Waals surface area (Å²) < 4.78 is 12.8. The second-order valence-corrected chi connectivity index (χ2v) is 8.13. The molecule has 0 saturated heterocycles. The van der Waals surface area contributed by atoms with Crippen LogP contribution in [0.1, 0.15) is 37.4 Å². The molecule has 2 aromatic heterocycles. The van der Waals surface area contributed by atoms with E-state index in [0.717, 1.165) is 33.0 Å². The molecule has 0 aliphatic carbocycles. The normalized spacial score (nSPS) is 16.0. The van der Waals surface area contributed by atoms with Gasteiger partial charge in [-0.05, 0) is 54.8 Å². The van der Waals surface area contributed by atoms with Crippen molar-refractivity contribution in [2.45, 2.75) is 19.4 Å². The molecule has 0 fully saturated rings. The second-order valence-electron chi connectivity index (χ2n) is 6.85. The fourth-order valence-corrected chi connectivity index (χ4v) is 4.65. The van der Waals surface area contributed by atoms with Crippen molar-refractivity contribution < 1.29 is 14.3 Å². The molecule has 146 valence electrons. The quantitative estimate of drug-likeness (QED) is 0.675. The van der Waals surface area contributed by atoms with Crippen molar-refractivity contribution in [1.29, 1.82) is 0 Å². The molecular weight excluding hydrogens is 374 g/mol. The summed E-state index contributed by atoms with van der Waals surface area (Å²) in [5.74, 6) is 1.41. The third-order valence-corrected chi connectivity index (χ3v) is 6.21. The van der Waals surface area contributed by atoms with Crippen LogP contribution in [0.5, 0.6) is 11.5 Å². The number of hydrogen-bond acceptors (Lipinski definition) is 5. The minimum Gasteiger partial charge on any atom is -0.493 e. The van der Waals surface area contributed by atoms with Crippen molar-refractivity contribution in [1.82, 2.24) is 14.7 Å². The van der Waals surface area contributed by atoms with Gasteiger partial charge in [-0.2, -0.15) is 5.10 Å². The molecule has 28 heavy (non-hydrogen) atoms. The SMILES string of the molecule is COc1cc2c(cc1OC)[C@@H](c1ccnn1C)N(C(=O)c1ccc(C)s1)CC2. The molecule has 0 bridgehead atoms. The number of benzene rings is 1. The third kappa shape index (κ3) is 3.05. The number of thiophene rings is 1. The number of ether oxygens (including phenoxy) is 2. The first kappa shape index (κ1) is 18.6. The fourth-order valence-electron chi connectivity index (χ4n) is 3.83. The Morgan fingerprint density at radius 1 is 1.18 bits per heavy atom. The zero-order valence-corrected chi connectivity index (χ0v) is 17.2. The lowest BCUT2D eigenvalue weighted by Crippen LogP contribution is -2.41. The number of methoxy groups -OCH3 is 2. The monoisotopic (exact) mass is 397 g/mol. The van der Waals surface area contributed by atoms with Crippen molar-refractivity contribution in [2.24, 2.45) is 7.05 Å². The molecule has 0 unspecified atom stereocenters. The van der Waals surface area contributed by atoms with Crippen LogP contribution in [0.4, 0.5) is 0 Å². The van der Waals surface area contributed by atoms with Gasteiger partial charge in [0.1, 0.15) is 0 Å². The van der Waals surface area contributed by atoms with Crippen LogP contribution in [-0.4, -0.2) is 41.4 Å². The highest BCUT2D eigenvalue weighted by molar-refractivity contribution is 7.13. The lowest BCUT2D eigenvalue weighted by molar-refractivity contribution is 0.0693. The second kappa shape index (κ2) is 7.31. The summed E-state index contributed by atoms with van der Waals surface area (Å²) in [7, 11) is 5.17. The van der Waals surface area contributed by atoms with Crippen LogP contribution in [0.3, 0.4) is 0 Å². The molecule has 4 rings (SSSR count). The first-order valence-electron chi connectivity index (χ1n) is 9.13. The van der Waals surface area contributed by atoms with Crippen molar-refractivity contribution in [3.8, 4) is 11.5 Å². The lowest BCUT2D eigenvalue weighted by atomic mass is 9.89. The average molecular weight is 398 g/mol. The number of aromatic nitrogens is 2. The average Bonchev–Trinajstić information content (AvgIpc) is 3.33. The highest BCUT2D eigenvalue weighted by Gasteiger charge is 2.35. The van der Waals surface area contributed by atoms with Gasteiger partial charge in [-0.1, -0.05) is 0 Å². The molecule has 0 spiro atoms. The van der Waals surface area contributed by atoms with Crippen LogP contribution in [0.15, 0.2) is 36.5 Å². The maximum atomic E-state index is 13.4. The maximum Gasteiger partial charge on any atom is 0.264 e. The van der Waals surface area contributed by atoms with Crippen molar-refractivity contribution in [3.63, 3.8) is 0 Å². The molecule has 3 aromatic rings. The van der Waals surface area contributed by atoms with Crippen LogP contribution in [0.2, 0.25) is 0 Å². The zero-order chi connectivity index (χ0) is 19.8. The smallest absolute Gasteiger partial charge is 0.264 e. The number of nitrogens with zero attached hydrogens (tertiary/aromatic N) is 3. The Balaban J connectivity index is 1.85. The molecule has 1 aliphatic heterocycles. The molecule has 1 atom stereocenters. The van der Waals surface area contributed by atoms with Gasteiger partial charge in [-0.25, -0.2) is 0 Å². The topological polar surface area (TPSA) is 56.6 Å². The lowest BCUT2D eigenvalue weighted by Gasteiger charge is -2.37. The number of rotatable bonds is 4. The van der Waals surface area contributed by atoms with Gasteiger partial charge in [0.25, 0.3) is 5.91 Å². The Labute approximate surface area is 168 Å². The van der Waals surface area contributed by atoms with Crippen molar-refractivity contribution in [3.05, 3.63) is 63.1 Å². The molecule has 7 heteroatoms. The molecule has 0 saturated carbocycles. The van der Waals surface area contributed by atoms with E-state index in [2.05, 4.69) is 5.10 Å². The summed E-state index contributed by atoms with van der Waals surface area (Å²) in [6, 6.07) is 9.65. The zero-order valence-electron chi connectivity index (χ0n) is 16.4. The van der Waals surface area contributed by atoms with Gasteiger partial charge < -0.3 is 14.4 Å². The van der Waals surface area contributed by atoms with Crippen LogP contribution >= 0.6 is 11.3 Å². The largest absolute Gasteiger partial charge is 0.493 e. The van der Waals surface area contributed by atoms with E-state index in [4.69, 9.17) is 9.47 Å². The Kier molecular flexibility index (Phi) is 4.85. The van der Waals surface area contributed by atoms with Crippen LogP contribution < -0.4 is 9.47 Å². The van der Waals surface area contributed by atoms with E-state index < -0.39 is 0 Å². The van der Waals surface area contributed by atoms with E-state index in [1.807, 2.05) is 53.9 Å². The third-order valence-electron chi connectivity index (χ3n) is 5.22. The minimum atomic E-state index is -0.231. The molecule has 0 N–H and O–H groups in total. The van der Waals surface area contributed by atoms with Gasteiger partial charge in [0.15, 0.2) is 11.5 Å². The standard InChI is InChI=1S/C21H23N3O3S/c1-13-5-6-19(28-13)21(25)24-10-8-14-11-17(26-3)18(27-4)12-15(14)20(24)16-7-9-22-23(16)2/h5-7,9,11-12,20H,8,10H2,1-4H3/t20-/m0/s1. The molecule has 1 aliphatic rings. The fraction of sp³-hybridized carbons (Fsp3) is 0.333. The van der Waals surface area contributed by atoms with E-state index >= 15 is 0 Å². The van der Waals surface area contributed by atoms with E-state index in [1.165, 1.54) is 11.3 Å². The first-order chi connectivity index (χ1) is 13.5. The van der Waals surface area contributed by atoms with Crippen LogP contribution in [0, 0.1) is 6.92 Å². The first-order valence-corrected chi connectivity index (χ1v) is 9.95. The molecule has 1 amide bonds. The summed E-state index contributed by atoms with van der Waals surface area (Å²) in [5, 5.41) is 4.34. The van der Waals surface area contributed by atoms with E-state index in [0.29, 0.717) is 18.0 Å². The highest BCUT2D eigenvalue weighted by atomic mass is 32.1. The molecular formula is C21H23N3O3S. The van der Waals surface area contributed by atoms with Crippen LogP contribution in [0.25, 0.3) is 0 Å². The Morgan fingerprint density at radius 2 is 1.93 bits per heavy atom. The van der Waals surface area contributed by atoms with Gasteiger partial charge >= 0.3 is 0 Å². The number of fused-ring (bicyclic) bond motifs is 1. The van der Waals surface area contributed by atoms with Crippen LogP contribution in [-0.2, 0) is 13.5 Å². The number of hydrogen-bond donors (Lipinski definition) is 0. The predicted molar refractivity (Wildman–Crippen MR) is 108 cm³/mol. The van der Waals surface area contributed by atoms with Gasteiger partial charge in [0.2, 0.25) is 0 Å². The van der Waals surface area contributed by atoms with Gasteiger partial charge in [-0.15, -0.1) is 11.3 Å². The Bertz CT molecular complexity index is 1020. The molecule has 6 nitrogen and oxygen atoms in total.